The summed E-state index contributed by atoms with van der Waals surface area (Å²) >= 11 is 1.74. The summed E-state index contributed by atoms with van der Waals surface area (Å²) in [5, 5.41) is 3.55. The molecule has 0 amide bonds. The van der Waals surface area contributed by atoms with E-state index in [4.69, 9.17) is 4.98 Å². The summed E-state index contributed by atoms with van der Waals surface area (Å²) in [6, 6.07) is 22.0. The molecule has 6 rings (SSSR count). The van der Waals surface area contributed by atoms with Crippen LogP contribution in [0.25, 0.3) is 11.0 Å². The Morgan fingerprint density at radius 1 is 0.974 bits per heavy atom. The summed E-state index contributed by atoms with van der Waals surface area (Å²) in [6.07, 6.45) is 14.8. The highest BCUT2D eigenvalue weighted by atomic mass is 32.2. The van der Waals surface area contributed by atoms with Gasteiger partial charge in [-0.15, -0.1) is 11.8 Å². The van der Waals surface area contributed by atoms with E-state index >= 15 is 0 Å². The first kappa shape index (κ1) is 25.7. The van der Waals surface area contributed by atoms with E-state index in [2.05, 4.69) is 98.2 Å². The fourth-order valence-corrected chi connectivity index (χ4v) is 6.04. The van der Waals surface area contributed by atoms with Gasteiger partial charge in [0.05, 0.1) is 29.3 Å². The van der Waals surface area contributed by atoms with Gasteiger partial charge in [-0.3, -0.25) is 14.9 Å². The number of nitrogens with one attached hydrogen (secondary N) is 2. The SMILES string of the molecule is CSc1cccnc1CNCc1ccc(CN(Cc2nc3ccccc3[nH]2)C2C=C3C=CC=NC3CC2)cc1. The summed E-state index contributed by atoms with van der Waals surface area (Å²) < 4.78 is 0. The molecular weight excluding hydrogens is 500 g/mol. The molecule has 0 spiro atoms. The number of aromatic amines is 1. The van der Waals surface area contributed by atoms with Gasteiger partial charge in [0.15, 0.2) is 0 Å². The Labute approximate surface area is 234 Å². The molecule has 2 atom stereocenters. The van der Waals surface area contributed by atoms with E-state index < -0.39 is 0 Å². The van der Waals surface area contributed by atoms with Gasteiger partial charge >= 0.3 is 0 Å². The van der Waals surface area contributed by atoms with Crippen molar-refractivity contribution in [3.63, 3.8) is 0 Å². The standard InChI is InChI=1S/C32H34N6S/c1-39-31-9-5-17-35-30(31)20-33-19-23-10-12-24(13-11-23)21-38(22-32-36-28-7-2-3-8-29(28)37-32)26-14-15-27-25(18-26)6-4-16-34-27/h2-13,16-18,26-27,33H,14-15,19-22H2,1H3,(H,36,37). The lowest BCUT2D eigenvalue weighted by Gasteiger charge is -2.34. The normalized spacial score (nSPS) is 18.5. The van der Waals surface area contributed by atoms with Crippen LogP contribution in [0.1, 0.15) is 35.5 Å². The van der Waals surface area contributed by atoms with Crippen LogP contribution in [0.3, 0.4) is 0 Å². The Balaban J connectivity index is 1.15. The number of thioether (sulfide) groups is 1. The molecule has 0 bridgehead atoms. The van der Waals surface area contributed by atoms with Crippen molar-refractivity contribution < 1.29 is 0 Å². The van der Waals surface area contributed by atoms with Crippen molar-refractivity contribution in [3.8, 4) is 0 Å². The number of para-hydroxylation sites is 2. The van der Waals surface area contributed by atoms with Crippen LogP contribution in [0.5, 0.6) is 0 Å². The van der Waals surface area contributed by atoms with E-state index in [1.807, 2.05) is 24.5 Å². The third-order valence-electron chi connectivity index (χ3n) is 7.51. The summed E-state index contributed by atoms with van der Waals surface area (Å²) in [5.74, 6) is 1.01. The number of aliphatic imine (C=N–C) groups is 1. The summed E-state index contributed by atoms with van der Waals surface area (Å²) in [6.45, 7) is 3.21. The molecule has 7 heteroatoms. The summed E-state index contributed by atoms with van der Waals surface area (Å²) in [7, 11) is 0. The number of benzene rings is 2. The van der Waals surface area contributed by atoms with Gasteiger partial charge in [0.1, 0.15) is 5.82 Å². The Morgan fingerprint density at radius 3 is 2.72 bits per heavy atom. The minimum absolute atomic E-state index is 0.309. The van der Waals surface area contributed by atoms with Crippen molar-refractivity contribution >= 4 is 29.0 Å². The molecule has 0 fully saturated rings. The van der Waals surface area contributed by atoms with Gasteiger partial charge in [0, 0.05) is 43.0 Å². The highest BCUT2D eigenvalue weighted by Crippen LogP contribution is 2.29. The number of hydrogen-bond acceptors (Lipinski definition) is 6. The number of nitrogens with zero attached hydrogens (tertiary/aromatic N) is 4. The van der Waals surface area contributed by atoms with Crippen LogP contribution in [0.2, 0.25) is 0 Å². The largest absolute Gasteiger partial charge is 0.341 e. The van der Waals surface area contributed by atoms with Crippen molar-refractivity contribution in [1.82, 2.24) is 25.2 Å². The zero-order valence-corrected chi connectivity index (χ0v) is 23.1. The molecule has 198 valence electrons. The monoisotopic (exact) mass is 534 g/mol. The fourth-order valence-electron chi connectivity index (χ4n) is 5.46. The predicted molar refractivity (Wildman–Crippen MR) is 161 cm³/mol. The molecular formula is C32H34N6S. The number of dihydropyridines is 1. The van der Waals surface area contributed by atoms with Gasteiger partial charge in [0.2, 0.25) is 0 Å². The number of pyridine rings is 1. The van der Waals surface area contributed by atoms with Crippen LogP contribution in [-0.2, 0) is 26.2 Å². The molecule has 3 heterocycles. The van der Waals surface area contributed by atoms with Crippen molar-refractivity contribution in [3.05, 3.63) is 113 Å². The number of rotatable bonds is 10. The smallest absolute Gasteiger partial charge is 0.121 e. The average molecular weight is 535 g/mol. The van der Waals surface area contributed by atoms with E-state index in [9.17, 15) is 0 Å². The third-order valence-corrected chi connectivity index (χ3v) is 8.32. The number of hydrogen-bond donors (Lipinski definition) is 2. The Hall–Kier alpha value is -3.52. The molecule has 6 nitrogen and oxygen atoms in total. The van der Waals surface area contributed by atoms with Gasteiger partial charge in [0.25, 0.3) is 0 Å². The first-order valence-corrected chi connectivity index (χ1v) is 14.8. The zero-order chi connectivity index (χ0) is 26.4. The molecule has 1 aliphatic heterocycles. The molecule has 2 N–H and O–H groups in total. The maximum Gasteiger partial charge on any atom is 0.121 e. The van der Waals surface area contributed by atoms with E-state index in [0.29, 0.717) is 12.1 Å². The fraction of sp³-hybridized carbons (Fsp3) is 0.281. The lowest BCUT2D eigenvalue weighted by Crippen LogP contribution is -2.37. The minimum atomic E-state index is 0.309. The summed E-state index contributed by atoms with van der Waals surface area (Å²) in [5.41, 5.74) is 7.13. The number of imidazole rings is 1. The van der Waals surface area contributed by atoms with Crippen LogP contribution < -0.4 is 5.32 Å². The van der Waals surface area contributed by atoms with Crippen LogP contribution >= 0.6 is 11.8 Å². The zero-order valence-electron chi connectivity index (χ0n) is 22.3. The van der Waals surface area contributed by atoms with Gasteiger partial charge < -0.3 is 10.3 Å². The van der Waals surface area contributed by atoms with Gasteiger partial charge in [-0.05, 0) is 66.1 Å². The van der Waals surface area contributed by atoms with Crippen molar-refractivity contribution in [2.75, 3.05) is 6.26 Å². The molecule has 0 saturated heterocycles. The Kier molecular flexibility index (Phi) is 8.00. The first-order chi connectivity index (χ1) is 19.2. The van der Waals surface area contributed by atoms with Gasteiger partial charge in [-0.2, -0.15) is 0 Å². The quantitative estimate of drug-likeness (QED) is 0.242. The lowest BCUT2D eigenvalue weighted by molar-refractivity contribution is 0.188. The highest BCUT2D eigenvalue weighted by molar-refractivity contribution is 7.98. The van der Waals surface area contributed by atoms with Gasteiger partial charge in [-0.1, -0.05) is 48.6 Å². The first-order valence-electron chi connectivity index (χ1n) is 13.6. The second-order valence-corrected chi connectivity index (χ2v) is 11.0. The molecule has 2 aromatic carbocycles. The molecule has 1 aliphatic carbocycles. The highest BCUT2D eigenvalue weighted by Gasteiger charge is 2.27. The second-order valence-electron chi connectivity index (χ2n) is 10.2. The predicted octanol–water partition coefficient (Wildman–Crippen LogP) is 6.07. The maximum absolute atomic E-state index is 4.89. The van der Waals surface area contributed by atoms with Crippen molar-refractivity contribution in [2.24, 2.45) is 4.99 Å². The van der Waals surface area contributed by atoms with E-state index in [1.165, 1.54) is 21.6 Å². The minimum Gasteiger partial charge on any atom is -0.341 e. The molecule has 39 heavy (non-hydrogen) atoms. The van der Waals surface area contributed by atoms with E-state index in [-0.39, 0.29) is 0 Å². The Morgan fingerprint density at radius 2 is 1.85 bits per heavy atom. The van der Waals surface area contributed by atoms with Crippen LogP contribution in [0.4, 0.5) is 0 Å². The third kappa shape index (κ3) is 6.22. The van der Waals surface area contributed by atoms with E-state index in [1.54, 1.807) is 11.8 Å². The lowest BCUT2D eigenvalue weighted by atomic mass is 9.89. The molecule has 4 aromatic rings. The maximum atomic E-state index is 4.89. The van der Waals surface area contributed by atoms with Crippen LogP contribution in [-0.4, -0.2) is 44.4 Å². The number of aromatic nitrogens is 3. The van der Waals surface area contributed by atoms with Crippen LogP contribution in [0.15, 0.2) is 101 Å². The molecule has 0 radical (unpaired) electrons. The second kappa shape index (κ2) is 12.1. The van der Waals surface area contributed by atoms with Gasteiger partial charge in [-0.25, -0.2) is 4.98 Å². The summed E-state index contributed by atoms with van der Waals surface area (Å²) in [4.78, 5) is 21.4. The van der Waals surface area contributed by atoms with Crippen molar-refractivity contribution in [1.29, 1.82) is 0 Å². The van der Waals surface area contributed by atoms with Crippen LogP contribution in [0, 0.1) is 0 Å². The topological polar surface area (TPSA) is 69.2 Å². The number of allylic oxidation sites excluding steroid dienone is 1. The molecule has 2 aromatic heterocycles. The number of fused-ring (bicyclic) bond motifs is 2. The van der Waals surface area contributed by atoms with E-state index in [0.717, 1.165) is 61.6 Å². The molecule has 0 saturated carbocycles. The number of H-pyrrole nitrogens is 1. The Bertz CT molecular complexity index is 1470. The van der Waals surface area contributed by atoms with Crippen molar-refractivity contribution in [2.45, 2.75) is 56.0 Å². The molecule has 2 unspecified atom stereocenters. The molecule has 2 aliphatic rings. The average Bonchev–Trinajstić information content (AvgIpc) is 3.40.